The first-order valence-corrected chi connectivity index (χ1v) is 8.17. The van der Waals surface area contributed by atoms with Gasteiger partial charge in [0, 0.05) is 24.2 Å². The number of hydrogen-bond donors (Lipinski definition) is 1. The Balaban J connectivity index is 1.90. The lowest BCUT2D eigenvalue weighted by Crippen LogP contribution is -2.26. The molecule has 5 heteroatoms. The summed E-state index contributed by atoms with van der Waals surface area (Å²) in [4.78, 5) is 14.3. The number of aromatic hydroxyl groups is 1. The van der Waals surface area contributed by atoms with Gasteiger partial charge in [-0.3, -0.25) is 4.79 Å². The number of halogens is 1. The van der Waals surface area contributed by atoms with Crippen LogP contribution in [0.15, 0.2) is 54.6 Å². The fraction of sp³-hybridized carbons (Fsp3) is 0.150. The highest BCUT2D eigenvalue weighted by atomic mass is 35.5. The molecule has 0 aliphatic carbocycles. The predicted octanol–water partition coefficient (Wildman–Crippen LogP) is 4.48. The van der Waals surface area contributed by atoms with E-state index in [1.165, 1.54) is 4.90 Å². The number of amides is 1. The first kappa shape index (κ1) is 17.1. The molecule has 0 radical (unpaired) electrons. The lowest BCUT2D eigenvalue weighted by molar-refractivity contribution is 0.0781. The van der Waals surface area contributed by atoms with Gasteiger partial charge in [-0.15, -0.1) is 0 Å². The highest BCUT2D eigenvalue weighted by molar-refractivity contribution is 6.30. The van der Waals surface area contributed by atoms with Crippen molar-refractivity contribution in [2.75, 3.05) is 14.2 Å². The van der Waals surface area contributed by atoms with Gasteiger partial charge in [0.2, 0.25) is 0 Å². The van der Waals surface area contributed by atoms with Crippen LogP contribution in [0.4, 0.5) is 0 Å². The van der Waals surface area contributed by atoms with Crippen molar-refractivity contribution in [1.29, 1.82) is 0 Å². The smallest absolute Gasteiger partial charge is 0.257 e. The number of methoxy groups -OCH3 is 1. The van der Waals surface area contributed by atoms with E-state index in [0.29, 0.717) is 17.3 Å². The molecule has 0 aliphatic heterocycles. The van der Waals surface area contributed by atoms with Crippen molar-refractivity contribution in [1.82, 2.24) is 4.90 Å². The van der Waals surface area contributed by atoms with Crippen LogP contribution >= 0.6 is 11.6 Å². The summed E-state index contributed by atoms with van der Waals surface area (Å²) in [6.07, 6.45) is 0. The summed E-state index contributed by atoms with van der Waals surface area (Å²) in [6.45, 7) is 0.314. The van der Waals surface area contributed by atoms with Crippen molar-refractivity contribution in [2.45, 2.75) is 6.54 Å². The van der Waals surface area contributed by atoms with Crippen molar-refractivity contribution in [2.24, 2.45) is 0 Å². The molecule has 25 heavy (non-hydrogen) atoms. The lowest BCUT2D eigenvalue weighted by Gasteiger charge is -2.20. The maximum atomic E-state index is 12.8. The Hall–Kier alpha value is -2.72. The van der Waals surface area contributed by atoms with E-state index in [1.807, 2.05) is 24.3 Å². The molecule has 0 aliphatic rings. The van der Waals surface area contributed by atoms with Crippen LogP contribution in [-0.2, 0) is 6.54 Å². The number of carbonyl (C=O) groups is 1. The summed E-state index contributed by atoms with van der Waals surface area (Å²) in [5, 5.41) is 12.6. The maximum absolute atomic E-state index is 12.8. The maximum Gasteiger partial charge on any atom is 0.257 e. The van der Waals surface area contributed by atoms with E-state index in [0.717, 1.165) is 16.3 Å². The molecule has 3 rings (SSSR count). The third-order valence-electron chi connectivity index (χ3n) is 4.09. The van der Waals surface area contributed by atoms with E-state index in [4.69, 9.17) is 16.3 Å². The monoisotopic (exact) mass is 355 g/mol. The zero-order chi connectivity index (χ0) is 18.0. The molecule has 128 valence electrons. The second-order valence-corrected chi connectivity index (χ2v) is 6.27. The van der Waals surface area contributed by atoms with Crippen LogP contribution in [0, 0.1) is 0 Å². The molecular weight excluding hydrogens is 338 g/mol. The van der Waals surface area contributed by atoms with Crippen LogP contribution in [0.5, 0.6) is 11.5 Å². The SMILES string of the molecule is COc1ccc(Cl)cc1CN(C)C(=O)c1cc2ccccc2cc1O. The Bertz CT molecular complexity index is 939. The van der Waals surface area contributed by atoms with Gasteiger partial charge in [0.1, 0.15) is 11.5 Å². The van der Waals surface area contributed by atoms with Gasteiger partial charge in [0.15, 0.2) is 0 Å². The van der Waals surface area contributed by atoms with E-state index >= 15 is 0 Å². The molecule has 0 atom stereocenters. The number of benzene rings is 3. The van der Waals surface area contributed by atoms with Crippen LogP contribution in [0.25, 0.3) is 10.8 Å². The van der Waals surface area contributed by atoms with Gasteiger partial charge in [-0.1, -0.05) is 35.9 Å². The summed E-state index contributed by atoms with van der Waals surface area (Å²) >= 11 is 6.05. The number of ether oxygens (including phenoxy) is 1. The molecule has 0 aromatic heterocycles. The van der Waals surface area contributed by atoms with Crippen LogP contribution < -0.4 is 4.74 Å². The van der Waals surface area contributed by atoms with Crippen molar-refractivity contribution < 1.29 is 14.6 Å². The fourth-order valence-corrected chi connectivity index (χ4v) is 3.00. The van der Waals surface area contributed by atoms with Gasteiger partial charge in [-0.05, 0) is 41.1 Å². The largest absolute Gasteiger partial charge is 0.507 e. The quantitative estimate of drug-likeness (QED) is 0.750. The third kappa shape index (κ3) is 3.54. The van der Waals surface area contributed by atoms with Crippen molar-refractivity contribution in [3.05, 3.63) is 70.7 Å². The Kier molecular flexibility index (Phi) is 4.81. The minimum absolute atomic E-state index is 0.0337. The van der Waals surface area contributed by atoms with E-state index in [2.05, 4.69) is 0 Å². The van der Waals surface area contributed by atoms with Gasteiger partial charge in [0.05, 0.1) is 12.7 Å². The second kappa shape index (κ2) is 7.03. The van der Waals surface area contributed by atoms with Gasteiger partial charge in [-0.25, -0.2) is 0 Å². The van der Waals surface area contributed by atoms with Gasteiger partial charge >= 0.3 is 0 Å². The molecule has 4 nitrogen and oxygen atoms in total. The molecular formula is C20H18ClNO3. The molecule has 3 aromatic rings. The lowest BCUT2D eigenvalue weighted by atomic mass is 10.0. The Morgan fingerprint density at radius 3 is 2.48 bits per heavy atom. The van der Waals surface area contributed by atoms with E-state index in [-0.39, 0.29) is 17.2 Å². The molecule has 1 amide bonds. The van der Waals surface area contributed by atoms with Crippen LogP contribution in [-0.4, -0.2) is 30.1 Å². The molecule has 0 saturated heterocycles. The summed E-state index contributed by atoms with van der Waals surface area (Å²) in [7, 11) is 3.25. The molecule has 0 unspecified atom stereocenters. The molecule has 1 N–H and O–H groups in total. The third-order valence-corrected chi connectivity index (χ3v) is 4.33. The molecule has 0 bridgehead atoms. The molecule has 0 fully saturated rings. The van der Waals surface area contributed by atoms with Gasteiger partial charge in [-0.2, -0.15) is 0 Å². The van der Waals surface area contributed by atoms with E-state index in [1.54, 1.807) is 44.5 Å². The Morgan fingerprint density at radius 2 is 1.80 bits per heavy atom. The normalized spacial score (nSPS) is 10.7. The van der Waals surface area contributed by atoms with E-state index in [9.17, 15) is 9.90 Å². The predicted molar refractivity (Wildman–Crippen MR) is 99.4 cm³/mol. The summed E-state index contributed by atoms with van der Waals surface area (Å²) in [5.74, 6) is 0.352. The van der Waals surface area contributed by atoms with Crippen LogP contribution in [0.2, 0.25) is 5.02 Å². The van der Waals surface area contributed by atoms with Crippen LogP contribution in [0.1, 0.15) is 15.9 Å². The highest BCUT2D eigenvalue weighted by Crippen LogP contribution is 2.28. The molecule has 0 saturated carbocycles. The molecule has 0 spiro atoms. The number of rotatable bonds is 4. The van der Waals surface area contributed by atoms with E-state index < -0.39 is 0 Å². The number of hydrogen-bond acceptors (Lipinski definition) is 3. The summed E-state index contributed by atoms with van der Waals surface area (Å²) in [5.41, 5.74) is 1.06. The summed E-state index contributed by atoms with van der Waals surface area (Å²) < 4.78 is 5.32. The first-order chi connectivity index (χ1) is 12.0. The zero-order valence-electron chi connectivity index (χ0n) is 14.0. The van der Waals surface area contributed by atoms with Gasteiger partial charge < -0.3 is 14.7 Å². The fourth-order valence-electron chi connectivity index (χ4n) is 2.80. The highest BCUT2D eigenvalue weighted by Gasteiger charge is 2.18. The molecule has 0 heterocycles. The second-order valence-electron chi connectivity index (χ2n) is 5.83. The van der Waals surface area contributed by atoms with Crippen LogP contribution in [0.3, 0.4) is 0 Å². The Labute approximate surface area is 151 Å². The average molecular weight is 356 g/mol. The Morgan fingerprint density at radius 1 is 1.12 bits per heavy atom. The zero-order valence-corrected chi connectivity index (χ0v) is 14.7. The number of phenols is 1. The van der Waals surface area contributed by atoms with Gasteiger partial charge in [0.25, 0.3) is 5.91 Å². The summed E-state index contributed by atoms with van der Waals surface area (Å²) in [6, 6.07) is 16.2. The number of fused-ring (bicyclic) bond motifs is 1. The minimum atomic E-state index is -0.273. The van der Waals surface area contributed by atoms with Crippen molar-refractivity contribution in [3.8, 4) is 11.5 Å². The van der Waals surface area contributed by atoms with Crippen molar-refractivity contribution >= 4 is 28.3 Å². The molecule has 3 aromatic carbocycles. The standard InChI is InChI=1S/C20H18ClNO3/c1-22(12-15-9-16(21)7-8-19(15)25-2)20(24)17-10-13-5-3-4-6-14(13)11-18(17)23/h3-11,23H,12H2,1-2H3. The van der Waals surface area contributed by atoms with Crippen molar-refractivity contribution in [3.63, 3.8) is 0 Å². The number of carbonyl (C=O) groups excluding carboxylic acids is 1. The average Bonchev–Trinajstić information content (AvgIpc) is 2.60. The number of phenolic OH excluding ortho intramolecular Hbond substituents is 1. The minimum Gasteiger partial charge on any atom is -0.507 e. The first-order valence-electron chi connectivity index (χ1n) is 7.79. The number of nitrogens with zero attached hydrogens (tertiary/aromatic N) is 1. The topological polar surface area (TPSA) is 49.8 Å².